The molecule has 0 saturated carbocycles. The number of carboxylic acid groups (broad SMARTS) is 1. The maximum absolute atomic E-state index is 13.4. The molecule has 4 rings (SSSR count). The summed E-state index contributed by atoms with van der Waals surface area (Å²) in [7, 11) is 0. The van der Waals surface area contributed by atoms with Gasteiger partial charge in [0.2, 0.25) is 0 Å². The first-order valence-electron chi connectivity index (χ1n) is 14.8. The van der Waals surface area contributed by atoms with Crippen molar-refractivity contribution in [2.75, 3.05) is 0 Å². The van der Waals surface area contributed by atoms with Crippen LogP contribution < -0.4 is 14.8 Å². The van der Waals surface area contributed by atoms with Crippen LogP contribution in [0.2, 0.25) is 0 Å². The average molecular weight is 674 g/mol. The van der Waals surface area contributed by atoms with Crippen molar-refractivity contribution in [3.63, 3.8) is 0 Å². The van der Waals surface area contributed by atoms with Gasteiger partial charge in [0.1, 0.15) is 17.2 Å². The summed E-state index contributed by atoms with van der Waals surface area (Å²) in [4.78, 5) is 24.8. The topological polar surface area (TPSA) is 84.9 Å². The van der Waals surface area contributed by atoms with Gasteiger partial charge in [-0.3, -0.25) is 4.79 Å². The standard InChI is InChI=1S/C36H33F6NO5/c1-22-16-30(14-15-31(22)48-34(2,3)33(45)46)47-29-11-7-10-25(20-29)32(44)43-28(19-23-8-5-4-6-9-23)13-12-24-17-26(35(37,38)39)21-27(18-24)36(40,41)42/h4-11,14-18,20-21,28H,12-13,19H2,1-3H3,(H,43,44)(H,45,46). The molecule has 1 unspecified atom stereocenters. The van der Waals surface area contributed by atoms with Gasteiger partial charge in [0.15, 0.2) is 5.60 Å². The summed E-state index contributed by atoms with van der Waals surface area (Å²) < 4.78 is 92.0. The second-order valence-corrected chi connectivity index (χ2v) is 11.8. The minimum absolute atomic E-state index is 0.0574. The number of benzene rings is 4. The zero-order chi connectivity index (χ0) is 35.3. The molecule has 2 N–H and O–H groups in total. The van der Waals surface area contributed by atoms with Gasteiger partial charge in [-0.05, 0) is 111 Å². The number of ether oxygens (including phenoxy) is 2. The van der Waals surface area contributed by atoms with E-state index < -0.39 is 47.0 Å². The summed E-state index contributed by atoms with van der Waals surface area (Å²) in [5.74, 6) is -0.587. The number of aliphatic carboxylic acids is 1. The fourth-order valence-electron chi connectivity index (χ4n) is 4.85. The zero-order valence-electron chi connectivity index (χ0n) is 26.2. The maximum Gasteiger partial charge on any atom is 0.416 e. The number of hydrogen-bond acceptors (Lipinski definition) is 4. The summed E-state index contributed by atoms with van der Waals surface area (Å²) in [6.45, 7) is 4.57. The van der Waals surface area contributed by atoms with Crippen LogP contribution in [0, 0.1) is 6.92 Å². The van der Waals surface area contributed by atoms with Gasteiger partial charge >= 0.3 is 18.3 Å². The number of rotatable bonds is 12. The summed E-state index contributed by atoms with van der Waals surface area (Å²) in [5.41, 5.74) is -2.76. The maximum atomic E-state index is 13.4. The summed E-state index contributed by atoms with van der Waals surface area (Å²) in [5, 5.41) is 12.2. The highest BCUT2D eigenvalue weighted by Crippen LogP contribution is 2.37. The third-order valence-electron chi connectivity index (χ3n) is 7.45. The van der Waals surface area contributed by atoms with Crippen molar-refractivity contribution in [2.24, 2.45) is 0 Å². The second-order valence-electron chi connectivity index (χ2n) is 11.8. The largest absolute Gasteiger partial charge is 0.478 e. The fourth-order valence-corrected chi connectivity index (χ4v) is 4.85. The Labute approximate surface area is 273 Å². The van der Waals surface area contributed by atoms with Crippen LogP contribution in [0.3, 0.4) is 0 Å². The van der Waals surface area contributed by atoms with E-state index in [1.807, 2.05) is 0 Å². The SMILES string of the molecule is Cc1cc(Oc2cccc(C(=O)NC(CCc3cc(C(F)(F)F)cc(C(F)(F)F)c3)Cc3ccccc3)c2)ccc1OC(C)(C)C(=O)O. The third-order valence-corrected chi connectivity index (χ3v) is 7.45. The normalized spacial score (nSPS) is 12.7. The van der Waals surface area contributed by atoms with Crippen LogP contribution in [-0.2, 0) is 30.0 Å². The number of alkyl halides is 6. The molecule has 0 spiro atoms. The summed E-state index contributed by atoms with van der Waals surface area (Å²) >= 11 is 0. The van der Waals surface area contributed by atoms with Crippen LogP contribution in [-0.4, -0.2) is 28.6 Å². The summed E-state index contributed by atoms with van der Waals surface area (Å²) in [6, 6.07) is 20.9. The van der Waals surface area contributed by atoms with Crippen LogP contribution in [0.15, 0.2) is 91.0 Å². The van der Waals surface area contributed by atoms with Gasteiger partial charge < -0.3 is 19.9 Å². The zero-order valence-corrected chi connectivity index (χ0v) is 26.2. The van der Waals surface area contributed by atoms with E-state index in [1.54, 1.807) is 73.7 Å². The predicted molar refractivity (Wildman–Crippen MR) is 166 cm³/mol. The van der Waals surface area contributed by atoms with Crippen LogP contribution in [0.4, 0.5) is 26.3 Å². The Balaban J connectivity index is 1.51. The molecule has 0 aliphatic heterocycles. The van der Waals surface area contributed by atoms with Crippen LogP contribution in [0.25, 0.3) is 0 Å². The highest BCUT2D eigenvalue weighted by molar-refractivity contribution is 5.94. The van der Waals surface area contributed by atoms with E-state index in [-0.39, 0.29) is 36.5 Å². The predicted octanol–water partition coefficient (Wildman–Crippen LogP) is 9.04. The molecule has 0 aliphatic rings. The van der Waals surface area contributed by atoms with Crippen molar-refractivity contribution in [1.29, 1.82) is 0 Å². The number of hydrogen-bond donors (Lipinski definition) is 2. The van der Waals surface area contributed by atoms with Crippen LogP contribution in [0.1, 0.15) is 58.4 Å². The monoisotopic (exact) mass is 673 g/mol. The van der Waals surface area contributed by atoms with Gasteiger partial charge in [-0.1, -0.05) is 36.4 Å². The highest BCUT2D eigenvalue weighted by atomic mass is 19.4. The van der Waals surface area contributed by atoms with Gasteiger partial charge in [-0.15, -0.1) is 0 Å². The van der Waals surface area contributed by atoms with Gasteiger partial charge in [0.05, 0.1) is 11.1 Å². The number of carbonyl (C=O) groups excluding carboxylic acids is 1. The molecule has 0 fully saturated rings. The first kappa shape index (κ1) is 35.8. The number of carbonyl (C=O) groups is 2. The lowest BCUT2D eigenvalue weighted by atomic mass is 9.96. The Morgan fingerprint density at radius 1 is 0.771 bits per heavy atom. The van der Waals surface area contributed by atoms with Crippen molar-refractivity contribution >= 4 is 11.9 Å². The average Bonchev–Trinajstić information content (AvgIpc) is 3.00. The van der Waals surface area contributed by atoms with E-state index in [4.69, 9.17) is 9.47 Å². The lowest BCUT2D eigenvalue weighted by Gasteiger charge is -2.23. The number of nitrogens with one attached hydrogen (secondary N) is 1. The minimum atomic E-state index is -4.97. The van der Waals surface area contributed by atoms with Crippen molar-refractivity contribution < 1.29 is 50.5 Å². The van der Waals surface area contributed by atoms with E-state index >= 15 is 0 Å². The Morgan fingerprint density at radius 3 is 1.98 bits per heavy atom. The molecular formula is C36H33F6NO5. The molecule has 48 heavy (non-hydrogen) atoms. The van der Waals surface area contributed by atoms with Crippen LogP contribution in [0.5, 0.6) is 17.2 Å². The number of halogens is 6. The van der Waals surface area contributed by atoms with E-state index in [2.05, 4.69) is 5.32 Å². The molecule has 0 bridgehead atoms. The van der Waals surface area contributed by atoms with Crippen molar-refractivity contribution in [3.8, 4) is 17.2 Å². The molecule has 1 atom stereocenters. The molecule has 4 aromatic carbocycles. The fraction of sp³-hybridized carbons (Fsp3) is 0.278. The van der Waals surface area contributed by atoms with Crippen molar-refractivity contribution in [1.82, 2.24) is 5.32 Å². The first-order chi connectivity index (χ1) is 22.4. The first-order valence-corrected chi connectivity index (χ1v) is 14.8. The number of amides is 1. The molecule has 0 saturated heterocycles. The Morgan fingerprint density at radius 2 is 1.40 bits per heavy atom. The highest BCUT2D eigenvalue weighted by Gasteiger charge is 2.37. The molecule has 12 heteroatoms. The smallest absolute Gasteiger partial charge is 0.416 e. The summed E-state index contributed by atoms with van der Waals surface area (Å²) in [6.07, 6.45) is -9.75. The Hall–Kier alpha value is -5.00. The van der Waals surface area contributed by atoms with Crippen molar-refractivity contribution in [3.05, 3.63) is 124 Å². The molecule has 0 heterocycles. The van der Waals surface area contributed by atoms with Gasteiger partial charge in [-0.2, -0.15) is 26.3 Å². The Kier molecular flexibility index (Phi) is 10.8. The van der Waals surface area contributed by atoms with E-state index in [0.29, 0.717) is 34.9 Å². The van der Waals surface area contributed by atoms with Crippen molar-refractivity contribution in [2.45, 2.75) is 64.0 Å². The molecular weight excluding hydrogens is 640 g/mol. The lowest BCUT2D eigenvalue weighted by molar-refractivity contribution is -0.152. The minimum Gasteiger partial charge on any atom is -0.478 e. The quantitative estimate of drug-likeness (QED) is 0.147. The van der Waals surface area contributed by atoms with Crippen LogP contribution >= 0.6 is 0 Å². The molecule has 0 aliphatic carbocycles. The molecule has 0 radical (unpaired) electrons. The van der Waals surface area contributed by atoms with E-state index in [1.165, 1.54) is 19.9 Å². The lowest BCUT2D eigenvalue weighted by Crippen LogP contribution is -2.38. The van der Waals surface area contributed by atoms with E-state index in [0.717, 1.165) is 5.56 Å². The van der Waals surface area contributed by atoms with E-state index in [9.17, 15) is 41.0 Å². The number of aryl methyl sites for hydroxylation is 2. The molecule has 254 valence electrons. The molecule has 1 amide bonds. The van der Waals surface area contributed by atoms with Gasteiger partial charge in [0.25, 0.3) is 5.91 Å². The Bertz CT molecular complexity index is 1720. The van der Waals surface area contributed by atoms with Gasteiger partial charge in [-0.25, -0.2) is 4.79 Å². The third kappa shape index (κ3) is 9.76. The molecule has 6 nitrogen and oxygen atoms in total. The number of carboxylic acids is 1. The second kappa shape index (κ2) is 14.4. The molecule has 0 aromatic heterocycles. The molecule has 4 aromatic rings. The van der Waals surface area contributed by atoms with Gasteiger partial charge in [0, 0.05) is 11.6 Å².